The Hall–Kier alpha value is -7.16. The summed E-state index contributed by atoms with van der Waals surface area (Å²) in [5.74, 6) is -5.86. The molecular formula is C83H125IN8O16. The maximum atomic E-state index is 14.3. The Morgan fingerprint density at radius 2 is 0.880 bits per heavy atom. The van der Waals surface area contributed by atoms with Crippen molar-refractivity contribution in [3.05, 3.63) is 71.8 Å². The summed E-state index contributed by atoms with van der Waals surface area (Å²) < 4.78 is 11.7. The molecule has 13 atom stereocenters. The molecule has 0 radical (unpaired) electrons. The van der Waals surface area contributed by atoms with E-state index in [9.17, 15) is 67.4 Å². The average molecular weight is 1620 g/mol. The van der Waals surface area contributed by atoms with Gasteiger partial charge in [0, 0.05) is 89.6 Å². The summed E-state index contributed by atoms with van der Waals surface area (Å²) in [6, 6.07) is 12.3. The first-order valence-electron chi connectivity index (χ1n) is 38.5. The Morgan fingerprint density at radius 1 is 0.528 bits per heavy atom. The molecule has 6 fully saturated rings. The molecule has 25 heteroatoms. The van der Waals surface area contributed by atoms with Gasteiger partial charge in [-0.1, -0.05) is 192 Å². The lowest BCUT2D eigenvalue weighted by atomic mass is 9.83. The van der Waals surface area contributed by atoms with Crippen LogP contribution in [0.25, 0.3) is 0 Å². The number of amides is 8. The maximum Gasteiger partial charge on any atom is 0.408 e. The van der Waals surface area contributed by atoms with E-state index in [1.807, 2.05) is 47.6 Å². The summed E-state index contributed by atoms with van der Waals surface area (Å²) in [4.78, 5) is 181. The highest BCUT2D eigenvalue weighted by Gasteiger charge is 2.71. The van der Waals surface area contributed by atoms with Crippen LogP contribution < -0.4 is 21.3 Å². The molecule has 0 spiro atoms. The number of piperidine rings is 2. The smallest absolute Gasteiger partial charge is 0.408 e. The van der Waals surface area contributed by atoms with Crippen LogP contribution in [-0.4, -0.2) is 188 Å². The number of carbonyl (C=O) groups is 13. The van der Waals surface area contributed by atoms with E-state index in [1.165, 1.54) is 9.80 Å². The highest BCUT2D eigenvalue weighted by molar-refractivity contribution is 14.1. The van der Waals surface area contributed by atoms with Gasteiger partial charge in [0.25, 0.3) is 0 Å². The monoisotopic (exact) mass is 1620 g/mol. The molecule has 8 amide bonds. The number of benzene rings is 2. The van der Waals surface area contributed by atoms with Crippen LogP contribution in [0.1, 0.15) is 225 Å². The fourth-order valence-corrected chi connectivity index (χ4v) is 15.2. The minimum absolute atomic E-state index is 0.0772. The molecule has 600 valence electrons. The van der Waals surface area contributed by atoms with E-state index in [2.05, 4.69) is 85.4 Å². The van der Waals surface area contributed by atoms with Crippen molar-refractivity contribution >= 4 is 99.1 Å². The van der Waals surface area contributed by atoms with Crippen molar-refractivity contribution in [2.75, 3.05) is 41.3 Å². The highest BCUT2D eigenvalue weighted by Crippen LogP contribution is 2.66. The Kier molecular flexibility index (Phi) is 30.2. The number of fused-ring (bicyclic) bond motifs is 2. The first-order chi connectivity index (χ1) is 49.8. The number of likely N-dealkylation sites (tertiary alicyclic amines) is 2. The molecule has 24 nitrogen and oxygen atoms in total. The normalized spacial score (nSPS) is 22.1. The average Bonchev–Trinajstić information content (AvgIpc) is 1.53. The van der Waals surface area contributed by atoms with Gasteiger partial charge in [-0.2, -0.15) is 0 Å². The SMILES string of the molecule is CC(C)I.CN(C)C(=O)[C@@H](NC(=O)CCC(=O)C(=O)C(CC(=O)[C@@H]1[C@@H]2C(CN1C(=O)[C@@H](NC(=O)OC(C)(C)C)C(C)(C)C)C2(C)C)CC1CC1)c1ccccc1.CN(C)C(=O)[C@@H](NC(=O)CCC(=O)C(O)C(CC(=O)[C@@H]1[C@@H]2C(CN1C(=O)[C@@H](NC(=O)OC(C)(C)C)C(C)(C)C)C2(C)C)CC1CC1)c1ccccc1. The van der Waals surface area contributed by atoms with Crippen molar-refractivity contribution < 1.29 is 76.9 Å². The number of likely N-dealkylation sites (N-methyl/N-ethyl adjacent to an activating group) is 2. The highest BCUT2D eigenvalue weighted by atomic mass is 127. The number of aliphatic hydroxyl groups is 1. The number of aliphatic hydroxyl groups excluding tert-OH is 1. The predicted octanol–water partition coefficient (Wildman–Crippen LogP) is 10.9. The van der Waals surface area contributed by atoms with E-state index in [0.717, 1.165) is 29.6 Å². The Balaban J connectivity index is 0.000000322. The largest absolute Gasteiger partial charge is 0.444 e. The van der Waals surface area contributed by atoms with E-state index in [0.29, 0.717) is 43.0 Å². The van der Waals surface area contributed by atoms with E-state index in [-0.39, 0.29) is 114 Å². The first-order valence-corrected chi connectivity index (χ1v) is 39.7. The fraction of sp³-hybridized carbons (Fsp3) is 0.699. The molecule has 108 heavy (non-hydrogen) atoms. The van der Waals surface area contributed by atoms with Crippen LogP contribution in [0.15, 0.2) is 60.7 Å². The Morgan fingerprint density at radius 3 is 1.22 bits per heavy atom. The number of halogens is 1. The van der Waals surface area contributed by atoms with Crippen molar-refractivity contribution in [2.24, 2.45) is 69.0 Å². The molecule has 5 N–H and O–H groups in total. The van der Waals surface area contributed by atoms with Gasteiger partial charge in [0.05, 0.1) is 12.1 Å². The molecule has 2 aliphatic heterocycles. The van der Waals surface area contributed by atoms with Gasteiger partial charge in [-0.15, -0.1) is 0 Å². The van der Waals surface area contributed by atoms with Crippen LogP contribution in [0.5, 0.6) is 0 Å². The second kappa shape index (κ2) is 36.3. The number of alkyl halides is 1. The Labute approximate surface area is 654 Å². The molecule has 4 saturated carbocycles. The molecular weight excluding hydrogens is 1490 g/mol. The summed E-state index contributed by atoms with van der Waals surface area (Å²) in [6.07, 6.45) is 0.280. The predicted molar refractivity (Wildman–Crippen MR) is 419 cm³/mol. The molecule has 8 rings (SSSR count). The molecule has 2 aromatic carbocycles. The summed E-state index contributed by atoms with van der Waals surface area (Å²) >= 11 is 2.34. The number of Topliss-reactive ketones (excluding diaryl/α,β-unsaturated/α-hetero) is 5. The van der Waals surface area contributed by atoms with Gasteiger partial charge >= 0.3 is 12.2 Å². The van der Waals surface area contributed by atoms with Crippen molar-refractivity contribution in [3.63, 3.8) is 0 Å². The quantitative estimate of drug-likeness (QED) is 0.0276. The number of carbonyl (C=O) groups excluding carboxylic acids is 13. The van der Waals surface area contributed by atoms with E-state index in [4.69, 9.17) is 9.47 Å². The number of rotatable bonds is 30. The second-order valence-electron chi connectivity index (χ2n) is 36.8. The van der Waals surface area contributed by atoms with Crippen LogP contribution in [0, 0.1) is 69.0 Å². The summed E-state index contributed by atoms with van der Waals surface area (Å²) in [7, 11) is 6.37. The maximum absolute atomic E-state index is 14.3. The number of ketones is 5. The number of nitrogens with zero attached hydrogens (tertiary/aromatic N) is 4. The minimum Gasteiger partial charge on any atom is -0.444 e. The summed E-state index contributed by atoms with van der Waals surface area (Å²) in [5, 5.41) is 22.3. The Bertz CT molecular complexity index is 3580. The third-order valence-electron chi connectivity index (χ3n) is 21.6. The molecule has 2 heterocycles. The van der Waals surface area contributed by atoms with Crippen molar-refractivity contribution in [3.8, 4) is 0 Å². The third kappa shape index (κ3) is 24.9. The van der Waals surface area contributed by atoms with E-state index >= 15 is 0 Å². The van der Waals surface area contributed by atoms with Gasteiger partial charge in [-0.05, 0) is 129 Å². The van der Waals surface area contributed by atoms with Gasteiger partial charge in [-0.25, -0.2) is 9.59 Å². The van der Waals surface area contributed by atoms with Crippen LogP contribution in [0.2, 0.25) is 0 Å². The summed E-state index contributed by atoms with van der Waals surface area (Å²) in [6.45, 7) is 34.8. The van der Waals surface area contributed by atoms with Crippen LogP contribution in [0.3, 0.4) is 0 Å². The van der Waals surface area contributed by atoms with Crippen molar-refractivity contribution in [1.82, 2.24) is 40.9 Å². The van der Waals surface area contributed by atoms with Gasteiger partial charge in [0.1, 0.15) is 41.5 Å². The lowest BCUT2D eigenvalue weighted by Gasteiger charge is -2.38. The lowest BCUT2D eigenvalue weighted by Crippen LogP contribution is -2.58. The third-order valence-corrected chi connectivity index (χ3v) is 21.6. The molecule has 6 aliphatic rings. The molecule has 5 unspecified atom stereocenters. The van der Waals surface area contributed by atoms with Gasteiger partial charge in [0.2, 0.25) is 41.2 Å². The molecule has 4 aliphatic carbocycles. The number of hydrogen-bond acceptors (Lipinski definition) is 16. The molecule has 2 aromatic rings. The summed E-state index contributed by atoms with van der Waals surface area (Å²) in [5.41, 5.74) is -2.06. The zero-order valence-electron chi connectivity index (χ0n) is 68.1. The standard InChI is InChI=1S/C40H60N4O8.C40H58N4O8.C3H7I/c2*1-38(2,3)34(42-37(51)52-39(4,5)6)36(50)44-22-26-30(40(26,7)8)32(44)28(46)21-25(20-23-16-17-23)33(48)27(45)18-19-29(47)41-31(35(49)43(9)10)24-14-12-11-13-15-24;1-3(2)4/h11-15,23,25-26,30-34,48H,16-22H2,1-10H3,(H,41,47)(H,42,51);11-15,23,25-26,30-32,34H,16-22H2,1-10H3,(H,41,47)(H,42,51);3H,1-2H3/t25?,26?,30-,31-,32+,33?,34+;25?,26?,30-,31-,32+,34+;/m00./s1. The minimum atomic E-state index is -1.46. The fourth-order valence-electron chi connectivity index (χ4n) is 15.2. The van der Waals surface area contributed by atoms with Gasteiger partial charge in [-0.3, -0.25) is 52.7 Å². The number of hydrogen-bond donors (Lipinski definition) is 5. The zero-order valence-corrected chi connectivity index (χ0v) is 70.3. The van der Waals surface area contributed by atoms with E-state index in [1.54, 1.807) is 134 Å². The lowest BCUT2D eigenvalue weighted by molar-refractivity contribution is -0.145. The van der Waals surface area contributed by atoms with Crippen LogP contribution in [0.4, 0.5) is 9.59 Å². The second-order valence-corrected chi connectivity index (χ2v) is 39.3. The van der Waals surface area contributed by atoms with Crippen LogP contribution >= 0.6 is 22.6 Å². The number of alkyl carbamates (subject to hydrolysis) is 2. The van der Waals surface area contributed by atoms with Crippen molar-refractivity contribution in [1.29, 1.82) is 0 Å². The number of nitrogens with one attached hydrogen (secondary N) is 4. The van der Waals surface area contributed by atoms with Crippen molar-refractivity contribution in [2.45, 2.75) is 259 Å². The topological polar surface area (TPSA) is 322 Å². The van der Waals surface area contributed by atoms with E-state index < -0.39 is 118 Å². The molecule has 2 saturated heterocycles. The van der Waals surface area contributed by atoms with Crippen LogP contribution in [-0.2, 0) is 62.2 Å². The van der Waals surface area contributed by atoms with Gasteiger partial charge < -0.3 is 55.4 Å². The molecule has 0 bridgehead atoms. The molecule has 0 aromatic heterocycles. The number of ether oxygens (including phenoxy) is 2. The van der Waals surface area contributed by atoms with Gasteiger partial charge in [0.15, 0.2) is 23.1 Å². The zero-order chi connectivity index (χ0) is 81.4. The first kappa shape index (κ1) is 89.7.